The normalized spacial score (nSPS) is 23.3. The van der Waals surface area contributed by atoms with Crippen LogP contribution in [0.3, 0.4) is 0 Å². The molecule has 1 fully saturated rings. The van der Waals surface area contributed by atoms with Crippen molar-refractivity contribution in [3.63, 3.8) is 0 Å². The number of carbonyl (C=O) groups excluding carboxylic acids is 1. The van der Waals surface area contributed by atoms with Crippen LogP contribution in [0.15, 0.2) is 150 Å². The van der Waals surface area contributed by atoms with Gasteiger partial charge in [-0.2, -0.15) is 0 Å². The zero-order valence-electron chi connectivity index (χ0n) is 34.2. The molecule has 1 saturated heterocycles. The molecule has 5 aromatic rings. The second kappa shape index (κ2) is 21.1. The first-order valence-corrected chi connectivity index (χ1v) is 21.2. The lowest BCUT2D eigenvalue weighted by Crippen LogP contribution is -2.62. The molecule has 3 aliphatic heterocycles. The van der Waals surface area contributed by atoms with Crippen molar-refractivity contribution in [3.8, 4) is 11.5 Å². The third-order valence-corrected chi connectivity index (χ3v) is 12.0. The second-order valence-corrected chi connectivity index (χ2v) is 16.0. The SMILES string of the molecule is COc1ccc(COC[C@H]2OC(=O)C3=C(O[C@H]4O[C@H](COCc5ccccc5)[C@@H](OCc5ccccc5)[C@H](OCc5ccccc5)[C@H]4S3)[C@@H]2OCc2ccc(OC)cc2)cc1. The summed E-state index contributed by atoms with van der Waals surface area (Å²) < 4.78 is 63.2. The third kappa shape index (κ3) is 11.0. The van der Waals surface area contributed by atoms with Gasteiger partial charge in [0, 0.05) is 0 Å². The number of methoxy groups -OCH3 is 2. The van der Waals surface area contributed by atoms with Crippen LogP contribution in [0.25, 0.3) is 0 Å². The molecule has 0 unspecified atom stereocenters. The highest BCUT2D eigenvalue weighted by molar-refractivity contribution is 8.04. The van der Waals surface area contributed by atoms with Gasteiger partial charge in [-0.05, 0) is 52.1 Å². The molecule has 11 nitrogen and oxygen atoms in total. The van der Waals surface area contributed by atoms with Gasteiger partial charge in [0.15, 0.2) is 18.0 Å². The Bertz CT molecular complexity index is 2150. The van der Waals surface area contributed by atoms with E-state index in [0.717, 1.165) is 39.3 Å². The number of cyclic esters (lactones) is 1. The van der Waals surface area contributed by atoms with Crippen LogP contribution in [0, 0.1) is 0 Å². The summed E-state index contributed by atoms with van der Waals surface area (Å²) in [5.41, 5.74) is 4.86. The maximum absolute atomic E-state index is 14.1. The number of benzene rings is 5. The van der Waals surface area contributed by atoms with Crippen molar-refractivity contribution < 1.29 is 52.2 Å². The van der Waals surface area contributed by atoms with Crippen molar-refractivity contribution in [2.75, 3.05) is 27.4 Å². The lowest BCUT2D eigenvalue weighted by molar-refractivity contribution is -0.272. The van der Waals surface area contributed by atoms with E-state index in [1.807, 2.05) is 140 Å². The maximum Gasteiger partial charge on any atom is 0.348 e. The summed E-state index contributed by atoms with van der Waals surface area (Å²) >= 11 is 1.32. The van der Waals surface area contributed by atoms with Gasteiger partial charge in [0.2, 0.25) is 6.29 Å². The molecular weight excluding hydrogens is 797 g/mol. The molecule has 0 radical (unpaired) electrons. The summed E-state index contributed by atoms with van der Waals surface area (Å²) in [5, 5.41) is -0.522. The number of hydrogen-bond acceptors (Lipinski definition) is 12. The van der Waals surface area contributed by atoms with Crippen molar-refractivity contribution in [1.82, 2.24) is 0 Å². The highest BCUT2D eigenvalue weighted by Gasteiger charge is 2.55. The molecule has 8 rings (SSSR count). The van der Waals surface area contributed by atoms with E-state index in [1.165, 1.54) is 11.8 Å². The van der Waals surface area contributed by atoms with E-state index in [-0.39, 0.29) is 26.4 Å². The molecule has 0 aromatic heterocycles. The van der Waals surface area contributed by atoms with Gasteiger partial charge >= 0.3 is 5.97 Å². The van der Waals surface area contributed by atoms with Gasteiger partial charge in [0.25, 0.3) is 0 Å². The van der Waals surface area contributed by atoms with Gasteiger partial charge in [0.05, 0.1) is 60.5 Å². The molecule has 0 aliphatic carbocycles. The summed E-state index contributed by atoms with van der Waals surface area (Å²) in [6.07, 6.45) is -4.28. The van der Waals surface area contributed by atoms with Crippen LogP contribution in [0.2, 0.25) is 0 Å². The predicted molar refractivity (Wildman–Crippen MR) is 228 cm³/mol. The van der Waals surface area contributed by atoms with Crippen LogP contribution >= 0.6 is 11.8 Å². The highest BCUT2D eigenvalue weighted by atomic mass is 32.2. The molecule has 0 N–H and O–H groups in total. The third-order valence-electron chi connectivity index (χ3n) is 10.6. The standard InChI is InChI=1S/C49H50O11S/c1-51-38-22-18-36(19-23-38)27-54-31-40-43(56-30-37-20-24-39(52-2)25-21-37)45-46(48(50)58-40)61-47-44(57-29-35-16-10-5-11-17-35)42(55-28-34-14-8-4-9-15-34)41(59-49(47)60-45)32-53-26-33-12-6-3-7-13-33/h3-25,40-44,47,49H,26-32H2,1-2H3/t40-,41-,42-,43-,44+,47-,49-/m1/s1. The largest absolute Gasteiger partial charge is 0.497 e. The quantitative estimate of drug-likeness (QED) is 0.0748. The molecule has 0 saturated carbocycles. The molecule has 0 spiro atoms. The molecule has 0 amide bonds. The van der Waals surface area contributed by atoms with Gasteiger partial charge in [-0.25, -0.2) is 4.79 Å². The Hall–Kier alpha value is -5.18. The van der Waals surface area contributed by atoms with Crippen molar-refractivity contribution in [3.05, 3.63) is 178 Å². The second-order valence-electron chi connectivity index (χ2n) is 14.8. The minimum Gasteiger partial charge on any atom is -0.497 e. The van der Waals surface area contributed by atoms with Crippen molar-refractivity contribution in [2.24, 2.45) is 0 Å². The first-order valence-electron chi connectivity index (χ1n) is 20.4. The molecule has 318 valence electrons. The molecule has 7 atom stereocenters. The molecule has 5 aromatic carbocycles. The number of thioether (sulfide) groups is 1. The summed E-state index contributed by atoms with van der Waals surface area (Å²) in [6.45, 7) is 1.74. The predicted octanol–water partition coefficient (Wildman–Crippen LogP) is 8.19. The average Bonchev–Trinajstić information content (AvgIpc) is 3.31. The molecule has 12 heteroatoms. The average molecular weight is 847 g/mol. The first kappa shape index (κ1) is 42.5. The summed E-state index contributed by atoms with van der Waals surface area (Å²) in [4.78, 5) is 14.4. The maximum atomic E-state index is 14.1. The molecule has 0 bridgehead atoms. The van der Waals surface area contributed by atoms with Gasteiger partial charge in [-0.3, -0.25) is 0 Å². The number of carbonyl (C=O) groups is 1. The Kier molecular flexibility index (Phi) is 14.7. The fraction of sp³-hybridized carbons (Fsp3) is 0.327. The van der Waals surface area contributed by atoms with Gasteiger partial charge in [0.1, 0.15) is 40.0 Å². The van der Waals surface area contributed by atoms with Crippen molar-refractivity contribution in [2.45, 2.75) is 75.1 Å². The fourth-order valence-corrected chi connectivity index (χ4v) is 8.69. The monoisotopic (exact) mass is 846 g/mol. The number of esters is 1. The molecule has 3 heterocycles. The van der Waals surface area contributed by atoms with E-state index in [9.17, 15) is 4.79 Å². The topological polar surface area (TPSA) is 109 Å². The molecule has 61 heavy (non-hydrogen) atoms. The Balaban J connectivity index is 1.08. The van der Waals surface area contributed by atoms with Crippen LogP contribution in [0.4, 0.5) is 0 Å². The number of ether oxygens (including phenoxy) is 10. The summed E-state index contributed by atoms with van der Waals surface area (Å²) in [7, 11) is 3.25. The fourth-order valence-electron chi connectivity index (χ4n) is 7.39. The summed E-state index contributed by atoms with van der Waals surface area (Å²) in [5.74, 6) is 1.29. The van der Waals surface area contributed by atoms with E-state index in [0.29, 0.717) is 30.5 Å². The number of fused-ring (bicyclic) bond motifs is 1. The zero-order valence-corrected chi connectivity index (χ0v) is 35.0. The van der Waals surface area contributed by atoms with E-state index in [1.54, 1.807) is 14.2 Å². The van der Waals surface area contributed by atoms with Crippen molar-refractivity contribution in [1.29, 1.82) is 0 Å². The Morgan fingerprint density at radius 3 is 1.51 bits per heavy atom. The first-order chi connectivity index (χ1) is 30.0. The smallest absolute Gasteiger partial charge is 0.348 e. The van der Waals surface area contributed by atoms with Crippen LogP contribution in [-0.2, 0) is 75.7 Å². The Labute approximate surface area is 360 Å². The van der Waals surface area contributed by atoms with Crippen molar-refractivity contribution >= 4 is 17.7 Å². The number of hydrogen-bond donors (Lipinski definition) is 0. The van der Waals surface area contributed by atoms with Crippen LogP contribution in [0.1, 0.15) is 27.8 Å². The van der Waals surface area contributed by atoms with Gasteiger partial charge in [-0.15, -0.1) is 11.8 Å². The van der Waals surface area contributed by atoms with Crippen LogP contribution in [0.5, 0.6) is 11.5 Å². The van der Waals surface area contributed by atoms with Gasteiger partial charge in [-0.1, -0.05) is 115 Å². The van der Waals surface area contributed by atoms with Crippen LogP contribution in [-0.4, -0.2) is 75.5 Å². The Morgan fingerprint density at radius 1 is 0.508 bits per heavy atom. The van der Waals surface area contributed by atoms with E-state index in [2.05, 4.69) is 0 Å². The minimum absolute atomic E-state index is 0.0545. The lowest BCUT2D eigenvalue weighted by atomic mass is 9.99. The number of rotatable bonds is 19. The van der Waals surface area contributed by atoms with E-state index >= 15 is 0 Å². The zero-order chi connectivity index (χ0) is 41.8. The lowest BCUT2D eigenvalue weighted by Gasteiger charge is -2.49. The van der Waals surface area contributed by atoms with E-state index < -0.39 is 48.0 Å². The molecular formula is C49H50O11S. The summed E-state index contributed by atoms with van der Waals surface area (Å²) in [6, 6.07) is 45.1. The van der Waals surface area contributed by atoms with Gasteiger partial charge < -0.3 is 47.4 Å². The highest BCUT2D eigenvalue weighted by Crippen LogP contribution is 2.47. The Morgan fingerprint density at radius 2 is 0.967 bits per heavy atom. The molecule has 3 aliphatic rings. The minimum atomic E-state index is -0.856. The van der Waals surface area contributed by atoms with E-state index in [4.69, 9.17) is 47.4 Å². The van der Waals surface area contributed by atoms with Crippen LogP contribution < -0.4 is 9.47 Å².